The lowest BCUT2D eigenvalue weighted by Crippen LogP contribution is -2.33. The largest absolute Gasteiger partial charge is 0.307 e. The normalized spacial score (nSPS) is 14.6. The number of halogens is 2. The summed E-state index contributed by atoms with van der Waals surface area (Å²) in [5.74, 6) is 1.16. The van der Waals surface area contributed by atoms with Crippen LogP contribution in [-0.2, 0) is 0 Å². The molecular weight excluding hydrogens is 362 g/mol. The Balaban J connectivity index is 2.71. The average Bonchev–Trinajstić information content (AvgIpc) is 2.28. The molecule has 0 aliphatic rings. The minimum Gasteiger partial charge on any atom is -0.307 e. The molecule has 1 N–H and O–H groups in total. The quantitative estimate of drug-likeness (QED) is 0.744. The summed E-state index contributed by atoms with van der Waals surface area (Å²) in [6.07, 6.45) is 3.32. The lowest BCUT2D eigenvalue weighted by Gasteiger charge is -2.23. The first-order chi connectivity index (χ1) is 8.08. The van der Waals surface area contributed by atoms with Gasteiger partial charge in [0.05, 0.1) is 0 Å². The van der Waals surface area contributed by atoms with Crippen LogP contribution in [0.2, 0.25) is 0 Å². The molecule has 17 heavy (non-hydrogen) atoms. The van der Waals surface area contributed by atoms with E-state index in [1.807, 2.05) is 11.8 Å². The number of thioether (sulfide) groups is 1. The molecule has 0 aliphatic carbocycles. The number of hydrogen-bond donors (Lipinski definition) is 1. The van der Waals surface area contributed by atoms with E-state index in [9.17, 15) is 0 Å². The highest BCUT2D eigenvalue weighted by Crippen LogP contribution is 2.27. The van der Waals surface area contributed by atoms with Crippen LogP contribution in [0.5, 0.6) is 0 Å². The summed E-state index contributed by atoms with van der Waals surface area (Å²) in [5, 5.41) is 3.68. The molecule has 2 atom stereocenters. The Labute approximate surface area is 125 Å². The van der Waals surface area contributed by atoms with E-state index in [1.165, 1.54) is 12.0 Å². The third-order valence-electron chi connectivity index (χ3n) is 2.78. The first kappa shape index (κ1) is 15.5. The predicted molar refractivity (Wildman–Crippen MR) is 85.9 cm³/mol. The molecule has 1 rings (SSSR count). The molecule has 0 spiro atoms. The van der Waals surface area contributed by atoms with Crippen LogP contribution in [0.1, 0.15) is 31.9 Å². The number of benzene rings is 1. The summed E-state index contributed by atoms with van der Waals surface area (Å²) >= 11 is 9.00. The van der Waals surface area contributed by atoms with Crippen molar-refractivity contribution in [2.45, 2.75) is 32.4 Å². The number of rotatable bonds is 6. The molecule has 2 unspecified atom stereocenters. The molecule has 0 fully saturated rings. The molecule has 0 aromatic heterocycles. The second kappa shape index (κ2) is 7.82. The maximum absolute atomic E-state index is 3.68. The van der Waals surface area contributed by atoms with Crippen LogP contribution >= 0.6 is 43.6 Å². The summed E-state index contributed by atoms with van der Waals surface area (Å²) in [6.45, 7) is 4.45. The minimum atomic E-state index is 0.370. The topological polar surface area (TPSA) is 12.0 Å². The molecule has 1 aromatic carbocycles. The van der Waals surface area contributed by atoms with Crippen molar-refractivity contribution in [3.8, 4) is 0 Å². The van der Waals surface area contributed by atoms with E-state index in [1.54, 1.807) is 0 Å². The van der Waals surface area contributed by atoms with Crippen LogP contribution in [-0.4, -0.2) is 18.1 Å². The Kier molecular flexibility index (Phi) is 7.15. The fourth-order valence-electron chi connectivity index (χ4n) is 1.78. The maximum Gasteiger partial charge on any atom is 0.0305 e. The monoisotopic (exact) mass is 379 g/mol. The highest BCUT2D eigenvalue weighted by molar-refractivity contribution is 9.11. The average molecular weight is 381 g/mol. The van der Waals surface area contributed by atoms with Crippen molar-refractivity contribution >= 4 is 43.6 Å². The van der Waals surface area contributed by atoms with Gasteiger partial charge in [-0.2, -0.15) is 11.8 Å². The fraction of sp³-hybridized carbons (Fsp3) is 0.538. The van der Waals surface area contributed by atoms with Crippen LogP contribution in [0, 0.1) is 0 Å². The Morgan fingerprint density at radius 1 is 1.35 bits per heavy atom. The van der Waals surface area contributed by atoms with Gasteiger partial charge >= 0.3 is 0 Å². The van der Waals surface area contributed by atoms with E-state index >= 15 is 0 Å². The van der Waals surface area contributed by atoms with E-state index in [0.29, 0.717) is 12.1 Å². The first-order valence-corrected chi connectivity index (χ1v) is 8.76. The van der Waals surface area contributed by atoms with Crippen molar-refractivity contribution in [3.63, 3.8) is 0 Å². The predicted octanol–water partition coefficient (Wildman–Crippen LogP) is 5.00. The van der Waals surface area contributed by atoms with Gasteiger partial charge in [0.25, 0.3) is 0 Å². The molecule has 0 radical (unpaired) electrons. The van der Waals surface area contributed by atoms with Gasteiger partial charge in [0.1, 0.15) is 0 Å². The summed E-state index contributed by atoms with van der Waals surface area (Å²) in [7, 11) is 0. The van der Waals surface area contributed by atoms with Crippen molar-refractivity contribution in [1.29, 1.82) is 0 Å². The van der Waals surface area contributed by atoms with Gasteiger partial charge in [-0.15, -0.1) is 0 Å². The highest BCUT2D eigenvalue weighted by Gasteiger charge is 2.13. The molecule has 0 saturated carbocycles. The van der Waals surface area contributed by atoms with Crippen LogP contribution < -0.4 is 5.32 Å². The third-order valence-corrected chi connectivity index (χ3v) is 4.69. The van der Waals surface area contributed by atoms with Crippen molar-refractivity contribution < 1.29 is 0 Å². The number of hydrogen-bond acceptors (Lipinski definition) is 2. The zero-order chi connectivity index (χ0) is 12.8. The van der Waals surface area contributed by atoms with Gasteiger partial charge in [-0.05, 0) is 37.3 Å². The van der Waals surface area contributed by atoms with Crippen LogP contribution in [0.15, 0.2) is 27.1 Å². The fourth-order valence-corrected chi connectivity index (χ4v) is 3.91. The van der Waals surface area contributed by atoms with Gasteiger partial charge in [0.2, 0.25) is 0 Å². The molecule has 0 aliphatic heterocycles. The molecular formula is C13H19Br2NS. The number of nitrogens with one attached hydrogen (secondary N) is 1. The first-order valence-electron chi connectivity index (χ1n) is 5.78. The lowest BCUT2D eigenvalue weighted by molar-refractivity contribution is 0.474. The van der Waals surface area contributed by atoms with Crippen LogP contribution in [0.4, 0.5) is 0 Å². The summed E-state index contributed by atoms with van der Waals surface area (Å²) in [6, 6.07) is 7.30. The molecule has 0 amide bonds. The maximum atomic E-state index is 3.68. The van der Waals surface area contributed by atoms with E-state index in [2.05, 4.69) is 75.5 Å². The highest BCUT2D eigenvalue weighted by atomic mass is 79.9. The van der Waals surface area contributed by atoms with Gasteiger partial charge in [-0.25, -0.2) is 0 Å². The summed E-state index contributed by atoms with van der Waals surface area (Å²) in [5.41, 5.74) is 1.31. The Morgan fingerprint density at radius 3 is 2.59 bits per heavy atom. The molecule has 96 valence electrons. The Bertz CT molecular complexity index is 357. The van der Waals surface area contributed by atoms with Crippen molar-refractivity contribution in [3.05, 3.63) is 32.7 Å². The van der Waals surface area contributed by atoms with Crippen molar-refractivity contribution in [2.75, 3.05) is 12.0 Å². The molecule has 1 aromatic rings. The smallest absolute Gasteiger partial charge is 0.0305 e. The molecule has 0 saturated heterocycles. The van der Waals surface area contributed by atoms with Crippen LogP contribution in [0.3, 0.4) is 0 Å². The second-order valence-corrected chi connectivity index (χ2v) is 6.80. The molecule has 1 nitrogen and oxygen atoms in total. The van der Waals surface area contributed by atoms with E-state index in [4.69, 9.17) is 0 Å². The minimum absolute atomic E-state index is 0.370. The molecule has 0 bridgehead atoms. The summed E-state index contributed by atoms with van der Waals surface area (Å²) in [4.78, 5) is 0. The van der Waals surface area contributed by atoms with Gasteiger partial charge in [-0.1, -0.05) is 44.8 Å². The SMILES string of the molecule is CCC(CSC)NC(C)c1ccc(Br)cc1Br. The standard InChI is InChI=1S/C13H19Br2NS/c1-4-11(8-17-3)16-9(2)12-6-5-10(14)7-13(12)15/h5-7,9,11,16H,4,8H2,1-3H3. The zero-order valence-electron chi connectivity index (χ0n) is 10.5. The van der Waals surface area contributed by atoms with Gasteiger partial charge in [-0.3, -0.25) is 0 Å². The molecule has 4 heteroatoms. The Hall–Kier alpha value is 0.490. The summed E-state index contributed by atoms with van der Waals surface area (Å²) < 4.78 is 2.27. The lowest BCUT2D eigenvalue weighted by atomic mass is 10.1. The van der Waals surface area contributed by atoms with Gasteiger partial charge < -0.3 is 5.32 Å². The second-order valence-electron chi connectivity index (χ2n) is 4.11. The van der Waals surface area contributed by atoms with Gasteiger partial charge in [0, 0.05) is 26.8 Å². The molecule has 0 heterocycles. The third kappa shape index (κ3) is 4.93. The van der Waals surface area contributed by atoms with Crippen molar-refractivity contribution in [2.24, 2.45) is 0 Å². The zero-order valence-corrected chi connectivity index (χ0v) is 14.5. The van der Waals surface area contributed by atoms with E-state index in [-0.39, 0.29) is 0 Å². The Morgan fingerprint density at radius 2 is 2.06 bits per heavy atom. The van der Waals surface area contributed by atoms with Gasteiger partial charge in [0.15, 0.2) is 0 Å². The van der Waals surface area contributed by atoms with Crippen molar-refractivity contribution in [1.82, 2.24) is 5.32 Å². The van der Waals surface area contributed by atoms with E-state index < -0.39 is 0 Å². The van der Waals surface area contributed by atoms with E-state index in [0.717, 1.165) is 14.7 Å². The van der Waals surface area contributed by atoms with Crippen LogP contribution in [0.25, 0.3) is 0 Å².